The molecule has 0 aliphatic heterocycles. The van der Waals surface area contributed by atoms with Gasteiger partial charge >= 0.3 is 6.18 Å². The number of carbonyl (C=O) groups excluding carboxylic acids is 1. The van der Waals surface area contributed by atoms with Crippen LogP contribution >= 0.6 is 11.8 Å². The normalized spacial score (nSPS) is 11.4. The van der Waals surface area contributed by atoms with Crippen LogP contribution in [0.5, 0.6) is 5.75 Å². The van der Waals surface area contributed by atoms with Crippen LogP contribution in [-0.4, -0.2) is 47.2 Å². The van der Waals surface area contributed by atoms with Crippen molar-refractivity contribution < 1.29 is 31.9 Å². The molecular formula is C19H17F3N4O4S. The number of rotatable bonds is 9. The Morgan fingerprint density at radius 1 is 1.16 bits per heavy atom. The fraction of sp³-hybridized carbons (Fsp3) is 0.263. The fourth-order valence-corrected chi connectivity index (χ4v) is 2.92. The molecule has 31 heavy (non-hydrogen) atoms. The van der Waals surface area contributed by atoms with Gasteiger partial charge in [-0.05, 0) is 30.3 Å². The highest BCUT2D eigenvalue weighted by Gasteiger charge is 2.31. The largest absolute Gasteiger partial charge is 0.489 e. The van der Waals surface area contributed by atoms with Crippen molar-refractivity contribution in [1.29, 1.82) is 0 Å². The standard InChI is InChI=1S/C19H17F3N4O4S/c1-28-8-9-29-15-3-2-13(19(20,21)22)10-14(15)24-16(27)11-31-18-26-25-17(30-18)12-4-6-23-7-5-12/h2-7,10H,8-9,11H2,1H3,(H,24,27). The Morgan fingerprint density at radius 2 is 1.94 bits per heavy atom. The van der Waals surface area contributed by atoms with Crippen molar-refractivity contribution in [2.45, 2.75) is 11.4 Å². The number of hydrogen-bond donors (Lipinski definition) is 1. The number of hydrogen-bond acceptors (Lipinski definition) is 8. The molecule has 0 saturated carbocycles. The lowest BCUT2D eigenvalue weighted by atomic mass is 10.1. The van der Waals surface area contributed by atoms with Crippen molar-refractivity contribution in [3.63, 3.8) is 0 Å². The van der Waals surface area contributed by atoms with E-state index in [4.69, 9.17) is 13.9 Å². The summed E-state index contributed by atoms with van der Waals surface area (Å²) in [5.41, 5.74) is -0.339. The Balaban J connectivity index is 1.65. The second-order valence-corrected chi connectivity index (χ2v) is 6.92. The van der Waals surface area contributed by atoms with Crippen LogP contribution in [0, 0.1) is 0 Å². The highest BCUT2D eigenvalue weighted by molar-refractivity contribution is 7.99. The molecule has 12 heteroatoms. The molecule has 1 amide bonds. The number of amides is 1. The Hall–Kier alpha value is -3.12. The summed E-state index contributed by atoms with van der Waals surface area (Å²) < 4.78 is 54.9. The number of ether oxygens (including phenoxy) is 2. The summed E-state index contributed by atoms with van der Waals surface area (Å²) in [4.78, 5) is 16.2. The molecule has 0 aliphatic rings. The smallest absolute Gasteiger partial charge is 0.416 e. The van der Waals surface area contributed by atoms with Crippen molar-refractivity contribution in [3.8, 4) is 17.2 Å². The average Bonchev–Trinajstić information content (AvgIpc) is 3.22. The maximum Gasteiger partial charge on any atom is 0.416 e. The first-order valence-electron chi connectivity index (χ1n) is 8.86. The Bertz CT molecular complexity index is 1010. The molecule has 3 rings (SSSR count). The fourth-order valence-electron chi connectivity index (χ4n) is 2.36. The summed E-state index contributed by atoms with van der Waals surface area (Å²) in [7, 11) is 1.47. The summed E-state index contributed by atoms with van der Waals surface area (Å²) in [6.07, 6.45) is -1.42. The third kappa shape index (κ3) is 6.43. The third-order valence-corrected chi connectivity index (χ3v) is 4.60. The Labute approximate surface area is 179 Å². The van der Waals surface area contributed by atoms with Gasteiger partial charge in [-0.3, -0.25) is 9.78 Å². The van der Waals surface area contributed by atoms with E-state index in [0.717, 1.165) is 30.0 Å². The monoisotopic (exact) mass is 454 g/mol. The van der Waals surface area contributed by atoms with Crippen molar-refractivity contribution in [3.05, 3.63) is 48.3 Å². The number of alkyl halides is 3. The predicted octanol–water partition coefficient (Wildman–Crippen LogP) is 3.91. The summed E-state index contributed by atoms with van der Waals surface area (Å²) in [6.45, 7) is 0.348. The number of halogens is 3. The number of anilines is 1. The lowest BCUT2D eigenvalue weighted by Crippen LogP contribution is -2.17. The van der Waals surface area contributed by atoms with E-state index in [9.17, 15) is 18.0 Å². The van der Waals surface area contributed by atoms with Crippen LogP contribution in [-0.2, 0) is 15.7 Å². The number of nitrogens with zero attached hydrogens (tertiary/aromatic N) is 3. The lowest BCUT2D eigenvalue weighted by Gasteiger charge is -2.15. The summed E-state index contributed by atoms with van der Waals surface area (Å²) >= 11 is 0.949. The lowest BCUT2D eigenvalue weighted by molar-refractivity contribution is -0.137. The molecule has 3 aromatic rings. The molecule has 0 bridgehead atoms. The van der Waals surface area contributed by atoms with E-state index in [1.165, 1.54) is 7.11 Å². The van der Waals surface area contributed by atoms with E-state index in [1.54, 1.807) is 24.5 Å². The van der Waals surface area contributed by atoms with Crippen molar-refractivity contribution in [2.75, 3.05) is 31.4 Å². The van der Waals surface area contributed by atoms with E-state index in [-0.39, 0.29) is 41.5 Å². The maximum absolute atomic E-state index is 13.0. The second kappa shape index (κ2) is 10.3. The van der Waals surface area contributed by atoms with Crippen LogP contribution < -0.4 is 10.1 Å². The van der Waals surface area contributed by atoms with Gasteiger partial charge in [-0.25, -0.2) is 0 Å². The number of thioether (sulfide) groups is 1. The zero-order valence-electron chi connectivity index (χ0n) is 16.2. The zero-order valence-corrected chi connectivity index (χ0v) is 17.0. The number of nitrogens with one attached hydrogen (secondary N) is 1. The summed E-state index contributed by atoms with van der Waals surface area (Å²) in [5, 5.41) is 10.3. The van der Waals surface area contributed by atoms with Crippen LogP contribution in [0.2, 0.25) is 0 Å². The van der Waals surface area contributed by atoms with Gasteiger partial charge < -0.3 is 19.2 Å². The van der Waals surface area contributed by atoms with Crippen LogP contribution in [0.1, 0.15) is 5.56 Å². The minimum Gasteiger partial charge on any atom is -0.489 e. The summed E-state index contributed by atoms with van der Waals surface area (Å²) in [5.74, 6) is -0.367. The molecule has 1 N–H and O–H groups in total. The van der Waals surface area contributed by atoms with Crippen molar-refractivity contribution >= 4 is 23.4 Å². The van der Waals surface area contributed by atoms with Crippen molar-refractivity contribution in [1.82, 2.24) is 15.2 Å². The van der Waals surface area contributed by atoms with E-state index >= 15 is 0 Å². The van der Waals surface area contributed by atoms with E-state index in [1.807, 2.05) is 0 Å². The van der Waals surface area contributed by atoms with Gasteiger partial charge in [0.25, 0.3) is 5.22 Å². The molecular weight excluding hydrogens is 437 g/mol. The molecule has 0 fully saturated rings. The Morgan fingerprint density at radius 3 is 2.65 bits per heavy atom. The highest BCUT2D eigenvalue weighted by Crippen LogP contribution is 2.35. The van der Waals surface area contributed by atoms with Gasteiger partial charge in [0.1, 0.15) is 12.4 Å². The molecule has 2 heterocycles. The molecule has 164 valence electrons. The van der Waals surface area contributed by atoms with E-state index in [0.29, 0.717) is 5.56 Å². The van der Waals surface area contributed by atoms with Gasteiger partial charge in [0, 0.05) is 25.1 Å². The molecule has 1 aromatic carbocycles. The van der Waals surface area contributed by atoms with Gasteiger partial charge in [-0.15, -0.1) is 10.2 Å². The number of benzene rings is 1. The first kappa shape index (κ1) is 22.6. The molecule has 0 spiro atoms. The van der Waals surface area contributed by atoms with Gasteiger partial charge in [0.05, 0.1) is 23.6 Å². The summed E-state index contributed by atoms with van der Waals surface area (Å²) in [6, 6.07) is 6.23. The van der Waals surface area contributed by atoms with E-state index in [2.05, 4.69) is 20.5 Å². The first-order chi connectivity index (χ1) is 14.9. The SMILES string of the molecule is COCCOc1ccc(C(F)(F)F)cc1NC(=O)CSc1nnc(-c2ccncc2)o1. The molecule has 0 atom stereocenters. The van der Waals surface area contributed by atoms with Gasteiger partial charge in [0.2, 0.25) is 11.8 Å². The van der Waals surface area contributed by atoms with Gasteiger partial charge in [0.15, 0.2) is 0 Å². The Kier molecular flexibility index (Phi) is 7.47. The number of aromatic nitrogens is 3. The second-order valence-electron chi connectivity index (χ2n) is 6.00. The number of carbonyl (C=O) groups is 1. The average molecular weight is 454 g/mol. The van der Waals surface area contributed by atoms with Crippen LogP contribution in [0.3, 0.4) is 0 Å². The molecule has 0 radical (unpaired) electrons. The van der Waals surface area contributed by atoms with Crippen LogP contribution in [0.15, 0.2) is 52.4 Å². The van der Waals surface area contributed by atoms with Crippen LogP contribution in [0.25, 0.3) is 11.5 Å². The van der Waals surface area contributed by atoms with Crippen LogP contribution in [0.4, 0.5) is 18.9 Å². The first-order valence-corrected chi connectivity index (χ1v) is 9.85. The zero-order chi connectivity index (χ0) is 22.3. The van der Waals surface area contributed by atoms with Crippen molar-refractivity contribution in [2.24, 2.45) is 0 Å². The molecule has 0 unspecified atom stereocenters. The van der Waals surface area contributed by atoms with Gasteiger partial charge in [-0.1, -0.05) is 11.8 Å². The predicted molar refractivity (Wildman–Crippen MR) is 106 cm³/mol. The van der Waals surface area contributed by atoms with Gasteiger partial charge in [-0.2, -0.15) is 13.2 Å². The molecule has 0 saturated heterocycles. The maximum atomic E-state index is 13.0. The minimum absolute atomic E-state index is 0.0977. The van der Waals surface area contributed by atoms with E-state index < -0.39 is 17.6 Å². The topological polar surface area (TPSA) is 99.4 Å². The highest BCUT2D eigenvalue weighted by atomic mass is 32.2. The third-order valence-electron chi connectivity index (χ3n) is 3.79. The number of pyridine rings is 1. The molecule has 0 aliphatic carbocycles. The molecule has 2 aromatic heterocycles. The minimum atomic E-state index is -4.56. The molecule has 8 nitrogen and oxygen atoms in total. The quantitative estimate of drug-likeness (QED) is 0.384. The number of methoxy groups -OCH3 is 1.